The molecule has 0 radical (unpaired) electrons. The van der Waals surface area contributed by atoms with Gasteiger partial charge in [0.1, 0.15) is 0 Å². The maximum atomic E-state index is 15.1. The molecule has 0 N–H and O–H groups in total. The van der Waals surface area contributed by atoms with Gasteiger partial charge in [0.25, 0.3) is 0 Å². The van der Waals surface area contributed by atoms with Crippen LogP contribution in [0.25, 0.3) is 11.1 Å². The second-order valence-electron chi connectivity index (χ2n) is 10.7. The molecule has 38 heavy (non-hydrogen) atoms. The quantitative estimate of drug-likeness (QED) is 0.178. The Bertz CT molecular complexity index is 1200. The summed E-state index contributed by atoms with van der Waals surface area (Å²) in [6.07, 6.45) is 8.46. The molecule has 1 saturated carbocycles. The molecule has 0 atom stereocenters. The van der Waals surface area contributed by atoms with Gasteiger partial charge in [-0.1, -0.05) is 74.2 Å². The van der Waals surface area contributed by atoms with Gasteiger partial charge in [0.2, 0.25) is 5.82 Å². The van der Waals surface area contributed by atoms with Crippen LogP contribution in [0, 0.1) is 36.1 Å². The topological polar surface area (TPSA) is 9.23 Å². The maximum Gasteiger partial charge on any atom is 0.200 e. The third kappa shape index (κ3) is 6.78. The van der Waals surface area contributed by atoms with Crippen molar-refractivity contribution in [1.82, 2.24) is 0 Å². The Balaban J connectivity index is 1.30. The molecule has 0 saturated heterocycles. The van der Waals surface area contributed by atoms with Crippen molar-refractivity contribution in [3.8, 4) is 16.9 Å². The van der Waals surface area contributed by atoms with Gasteiger partial charge in [-0.15, -0.1) is 0 Å². The Morgan fingerprint density at radius 3 is 2.18 bits per heavy atom. The van der Waals surface area contributed by atoms with E-state index in [-0.39, 0.29) is 17.2 Å². The summed E-state index contributed by atoms with van der Waals surface area (Å²) in [6.45, 7) is 4.46. The Labute approximate surface area is 224 Å². The van der Waals surface area contributed by atoms with Gasteiger partial charge in [-0.3, -0.25) is 0 Å². The molecule has 0 unspecified atom stereocenters. The molecule has 1 aliphatic carbocycles. The fourth-order valence-electron chi connectivity index (χ4n) is 5.54. The van der Waals surface area contributed by atoms with Crippen molar-refractivity contribution >= 4 is 0 Å². The molecule has 0 spiro atoms. The van der Waals surface area contributed by atoms with E-state index in [1.807, 2.05) is 31.2 Å². The molecule has 1 nitrogen and oxygen atoms in total. The summed E-state index contributed by atoms with van der Waals surface area (Å²) in [6, 6.07) is 14.0. The molecule has 4 rings (SSSR count). The molecule has 0 aromatic heterocycles. The standard InChI is InChI=1S/C33H38F4O/c1-3-4-5-6-21-38-29-20-17-26(30(34)33(29)37)16-11-23-9-14-25(15-10-23)28-19-18-27(31(35)32(28)36)24-12-7-22(2)8-13-24/h7-8,12-13,17-20,23,25H,3-6,9-11,14-16,21H2,1-2H3. The van der Waals surface area contributed by atoms with E-state index in [0.29, 0.717) is 35.6 Å². The summed E-state index contributed by atoms with van der Waals surface area (Å²) < 4.78 is 64.6. The van der Waals surface area contributed by atoms with Crippen molar-refractivity contribution < 1.29 is 22.3 Å². The Kier molecular flexibility index (Phi) is 9.87. The highest BCUT2D eigenvalue weighted by molar-refractivity contribution is 5.65. The van der Waals surface area contributed by atoms with Crippen molar-refractivity contribution in [1.29, 1.82) is 0 Å². The third-order valence-electron chi connectivity index (χ3n) is 7.97. The molecule has 0 amide bonds. The fraction of sp³-hybridized carbons (Fsp3) is 0.455. The number of hydrogen-bond donors (Lipinski definition) is 0. The molecule has 0 bridgehead atoms. The lowest BCUT2D eigenvalue weighted by Crippen LogP contribution is -2.16. The SMILES string of the molecule is CCCCCCOc1ccc(CCC2CCC(c3ccc(-c4ccc(C)cc4)c(F)c3F)CC2)c(F)c1F. The van der Waals surface area contributed by atoms with Crippen LogP contribution in [0.3, 0.4) is 0 Å². The van der Waals surface area contributed by atoms with Crippen LogP contribution in [0.2, 0.25) is 0 Å². The van der Waals surface area contributed by atoms with Crippen LogP contribution in [-0.2, 0) is 6.42 Å². The Hall–Kier alpha value is -2.82. The second kappa shape index (κ2) is 13.3. The number of rotatable bonds is 11. The third-order valence-corrected chi connectivity index (χ3v) is 7.97. The first-order chi connectivity index (χ1) is 18.4. The lowest BCUT2D eigenvalue weighted by Gasteiger charge is -2.29. The van der Waals surface area contributed by atoms with Gasteiger partial charge >= 0.3 is 0 Å². The van der Waals surface area contributed by atoms with Gasteiger partial charge in [-0.05, 0) is 86.5 Å². The zero-order valence-electron chi connectivity index (χ0n) is 22.5. The first-order valence-corrected chi connectivity index (χ1v) is 14.0. The van der Waals surface area contributed by atoms with E-state index in [0.717, 1.165) is 63.4 Å². The summed E-state index contributed by atoms with van der Waals surface area (Å²) in [5, 5.41) is 0. The van der Waals surface area contributed by atoms with E-state index in [9.17, 15) is 13.2 Å². The lowest BCUT2D eigenvalue weighted by molar-refractivity contribution is 0.283. The maximum absolute atomic E-state index is 15.1. The minimum atomic E-state index is -0.909. The minimum absolute atomic E-state index is 0.0223. The summed E-state index contributed by atoms with van der Waals surface area (Å²) in [7, 11) is 0. The van der Waals surface area contributed by atoms with Gasteiger partial charge in [0.15, 0.2) is 23.2 Å². The number of aryl methyl sites for hydroxylation is 2. The molecule has 204 valence electrons. The Morgan fingerprint density at radius 1 is 0.737 bits per heavy atom. The van der Waals surface area contributed by atoms with Gasteiger partial charge in [0.05, 0.1) is 6.61 Å². The molecule has 1 aliphatic rings. The molecular weight excluding hydrogens is 488 g/mol. The molecule has 0 aliphatic heterocycles. The Morgan fingerprint density at radius 2 is 1.47 bits per heavy atom. The van der Waals surface area contributed by atoms with E-state index in [4.69, 9.17) is 4.74 Å². The first kappa shape index (κ1) is 28.2. The van der Waals surface area contributed by atoms with Crippen LogP contribution < -0.4 is 4.74 Å². The summed E-state index contributed by atoms with van der Waals surface area (Å²) in [5.74, 6) is -2.98. The van der Waals surface area contributed by atoms with Crippen molar-refractivity contribution in [2.24, 2.45) is 5.92 Å². The highest BCUT2D eigenvalue weighted by Gasteiger charge is 2.27. The summed E-state index contributed by atoms with van der Waals surface area (Å²) >= 11 is 0. The number of benzene rings is 3. The average molecular weight is 527 g/mol. The molecule has 3 aromatic carbocycles. The number of halogens is 4. The van der Waals surface area contributed by atoms with E-state index in [1.54, 1.807) is 18.2 Å². The van der Waals surface area contributed by atoms with Crippen molar-refractivity contribution in [3.63, 3.8) is 0 Å². The van der Waals surface area contributed by atoms with Crippen LogP contribution in [0.4, 0.5) is 17.6 Å². The number of hydrogen-bond acceptors (Lipinski definition) is 1. The molecule has 5 heteroatoms. The zero-order chi connectivity index (χ0) is 27.1. The number of ether oxygens (including phenoxy) is 1. The predicted molar refractivity (Wildman–Crippen MR) is 146 cm³/mol. The summed E-state index contributed by atoms with van der Waals surface area (Å²) in [4.78, 5) is 0. The van der Waals surface area contributed by atoms with Crippen LogP contribution in [0.15, 0.2) is 48.5 Å². The van der Waals surface area contributed by atoms with E-state index < -0.39 is 23.3 Å². The normalized spacial score (nSPS) is 17.5. The van der Waals surface area contributed by atoms with Crippen molar-refractivity contribution in [2.75, 3.05) is 6.61 Å². The average Bonchev–Trinajstić information content (AvgIpc) is 2.93. The van der Waals surface area contributed by atoms with Crippen LogP contribution in [0.5, 0.6) is 5.75 Å². The van der Waals surface area contributed by atoms with Gasteiger partial charge in [-0.25, -0.2) is 13.2 Å². The molecule has 3 aromatic rings. The fourth-order valence-corrected chi connectivity index (χ4v) is 5.54. The molecule has 0 heterocycles. The smallest absolute Gasteiger partial charge is 0.200 e. The highest BCUT2D eigenvalue weighted by Crippen LogP contribution is 2.40. The first-order valence-electron chi connectivity index (χ1n) is 14.0. The van der Waals surface area contributed by atoms with Crippen LogP contribution in [0.1, 0.15) is 87.3 Å². The highest BCUT2D eigenvalue weighted by atomic mass is 19.2. The van der Waals surface area contributed by atoms with Crippen LogP contribution in [-0.4, -0.2) is 6.61 Å². The molecule has 1 fully saturated rings. The zero-order valence-corrected chi connectivity index (χ0v) is 22.5. The van der Waals surface area contributed by atoms with Crippen molar-refractivity contribution in [2.45, 2.75) is 84.0 Å². The van der Waals surface area contributed by atoms with E-state index in [2.05, 4.69) is 6.92 Å². The second-order valence-corrected chi connectivity index (χ2v) is 10.7. The van der Waals surface area contributed by atoms with E-state index in [1.165, 1.54) is 6.07 Å². The minimum Gasteiger partial charge on any atom is -0.490 e. The van der Waals surface area contributed by atoms with Gasteiger partial charge in [0, 0.05) is 5.56 Å². The molecular formula is C33H38F4O. The summed E-state index contributed by atoms with van der Waals surface area (Å²) in [5.41, 5.74) is 2.81. The van der Waals surface area contributed by atoms with E-state index >= 15 is 4.39 Å². The lowest BCUT2D eigenvalue weighted by atomic mass is 9.76. The monoisotopic (exact) mass is 526 g/mol. The van der Waals surface area contributed by atoms with Gasteiger partial charge in [-0.2, -0.15) is 4.39 Å². The predicted octanol–water partition coefficient (Wildman–Crippen LogP) is 10.1. The van der Waals surface area contributed by atoms with Gasteiger partial charge < -0.3 is 4.74 Å². The number of unbranched alkanes of at least 4 members (excludes halogenated alkanes) is 3. The largest absolute Gasteiger partial charge is 0.490 e. The van der Waals surface area contributed by atoms with Crippen molar-refractivity contribution in [3.05, 3.63) is 88.5 Å². The van der Waals surface area contributed by atoms with Crippen LogP contribution >= 0.6 is 0 Å².